The Morgan fingerprint density at radius 2 is 2.20 bits per heavy atom. The van der Waals surface area contributed by atoms with Crippen LogP contribution < -0.4 is 0 Å². The number of benzene rings is 1. The molecule has 20 heavy (non-hydrogen) atoms. The van der Waals surface area contributed by atoms with Crippen molar-refractivity contribution in [3.8, 4) is 0 Å². The highest BCUT2D eigenvalue weighted by molar-refractivity contribution is 5.93. The summed E-state index contributed by atoms with van der Waals surface area (Å²) < 4.78 is 5.15. The largest absolute Gasteiger partial charge is 0.384 e. The van der Waals surface area contributed by atoms with Crippen LogP contribution in [0.3, 0.4) is 0 Å². The first-order valence-electron chi connectivity index (χ1n) is 6.78. The number of ether oxygens (including phenoxy) is 1. The second-order valence-electron chi connectivity index (χ2n) is 5.11. The number of carbonyl (C=O) groups is 1. The Balaban J connectivity index is 1.79. The van der Waals surface area contributed by atoms with Gasteiger partial charge in [-0.3, -0.25) is 9.78 Å². The van der Waals surface area contributed by atoms with Crippen molar-refractivity contribution in [2.45, 2.75) is 6.42 Å². The van der Waals surface area contributed by atoms with Crippen LogP contribution in [0.5, 0.6) is 0 Å². The van der Waals surface area contributed by atoms with E-state index in [1.165, 1.54) is 0 Å². The molecular weight excluding hydrogens is 254 g/mol. The van der Waals surface area contributed by atoms with Gasteiger partial charge >= 0.3 is 0 Å². The zero-order valence-corrected chi connectivity index (χ0v) is 11.5. The van der Waals surface area contributed by atoms with E-state index in [2.05, 4.69) is 9.97 Å². The molecule has 1 amide bonds. The zero-order chi connectivity index (χ0) is 13.9. The van der Waals surface area contributed by atoms with Gasteiger partial charge in [0.05, 0.1) is 23.8 Å². The number of nitrogens with zero attached hydrogens (tertiary/aromatic N) is 3. The molecule has 5 heteroatoms. The first-order chi connectivity index (χ1) is 9.78. The van der Waals surface area contributed by atoms with Gasteiger partial charge in [0.25, 0.3) is 5.91 Å². The fourth-order valence-electron chi connectivity index (χ4n) is 2.61. The molecule has 1 atom stereocenters. The molecule has 0 aliphatic carbocycles. The summed E-state index contributed by atoms with van der Waals surface area (Å²) in [5.74, 6) is 0.388. The summed E-state index contributed by atoms with van der Waals surface area (Å²) >= 11 is 0. The van der Waals surface area contributed by atoms with Crippen LogP contribution in [-0.4, -0.2) is 47.6 Å². The van der Waals surface area contributed by atoms with Gasteiger partial charge < -0.3 is 9.64 Å². The van der Waals surface area contributed by atoms with Crippen LogP contribution in [0.15, 0.2) is 30.5 Å². The lowest BCUT2D eigenvalue weighted by molar-refractivity contribution is 0.0769. The van der Waals surface area contributed by atoms with Crippen molar-refractivity contribution in [2.24, 2.45) is 5.92 Å². The van der Waals surface area contributed by atoms with Gasteiger partial charge in [-0.15, -0.1) is 0 Å². The van der Waals surface area contributed by atoms with E-state index in [0.29, 0.717) is 18.2 Å². The number of hydrogen-bond donors (Lipinski definition) is 0. The molecule has 1 unspecified atom stereocenters. The van der Waals surface area contributed by atoms with Crippen LogP contribution in [0.4, 0.5) is 0 Å². The summed E-state index contributed by atoms with van der Waals surface area (Å²) in [6, 6.07) is 7.57. The second kappa shape index (κ2) is 5.54. The van der Waals surface area contributed by atoms with Crippen molar-refractivity contribution in [1.29, 1.82) is 0 Å². The Labute approximate surface area is 117 Å². The van der Waals surface area contributed by atoms with Crippen molar-refractivity contribution in [1.82, 2.24) is 14.9 Å². The predicted octanol–water partition coefficient (Wildman–Crippen LogP) is 1.74. The molecule has 2 heterocycles. The highest BCUT2D eigenvalue weighted by Gasteiger charge is 2.27. The van der Waals surface area contributed by atoms with Crippen molar-refractivity contribution in [3.05, 3.63) is 36.2 Å². The molecule has 0 saturated carbocycles. The fraction of sp³-hybridized carbons (Fsp3) is 0.400. The second-order valence-corrected chi connectivity index (χ2v) is 5.11. The van der Waals surface area contributed by atoms with E-state index in [4.69, 9.17) is 4.74 Å². The summed E-state index contributed by atoms with van der Waals surface area (Å²) in [4.78, 5) is 23.0. The minimum absolute atomic E-state index is 0.0399. The third-order valence-corrected chi connectivity index (χ3v) is 3.64. The molecule has 1 aliphatic rings. The standard InChI is InChI=1S/C15H17N3O2/c1-20-10-11-6-7-18(9-11)15(19)14-8-16-12-4-2-3-5-13(12)17-14/h2-5,8,11H,6-7,9-10H2,1H3. The lowest BCUT2D eigenvalue weighted by Gasteiger charge is -2.15. The summed E-state index contributed by atoms with van der Waals surface area (Å²) in [5.41, 5.74) is 1.98. The topological polar surface area (TPSA) is 55.3 Å². The van der Waals surface area contributed by atoms with Crippen LogP contribution in [-0.2, 0) is 4.74 Å². The quantitative estimate of drug-likeness (QED) is 0.853. The molecule has 1 fully saturated rings. The minimum atomic E-state index is -0.0399. The Bertz CT molecular complexity index is 629. The van der Waals surface area contributed by atoms with E-state index in [1.807, 2.05) is 29.2 Å². The van der Waals surface area contributed by atoms with E-state index in [1.54, 1.807) is 13.3 Å². The number of amides is 1. The molecule has 0 spiro atoms. The normalized spacial score (nSPS) is 18.6. The Morgan fingerprint density at radius 1 is 1.40 bits per heavy atom. The Kier molecular flexibility index (Phi) is 3.60. The summed E-state index contributed by atoms with van der Waals surface area (Å²) in [6.45, 7) is 2.20. The third kappa shape index (κ3) is 2.49. The van der Waals surface area contributed by atoms with Crippen LogP contribution in [0.1, 0.15) is 16.9 Å². The number of rotatable bonds is 3. The monoisotopic (exact) mass is 271 g/mol. The molecule has 104 valence electrons. The SMILES string of the molecule is COCC1CCN(C(=O)c2cnc3ccccc3n2)C1. The molecule has 0 bridgehead atoms. The Hall–Kier alpha value is -2.01. The van der Waals surface area contributed by atoms with E-state index >= 15 is 0 Å². The van der Waals surface area contributed by atoms with Gasteiger partial charge in [-0.05, 0) is 18.6 Å². The van der Waals surface area contributed by atoms with E-state index in [-0.39, 0.29) is 5.91 Å². The predicted molar refractivity (Wildman–Crippen MR) is 75.4 cm³/mol. The van der Waals surface area contributed by atoms with Crippen molar-refractivity contribution >= 4 is 16.9 Å². The zero-order valence-electron chi connectivity index (χ0n) is 11.5. The number of carbonyl (C=O) groups excluding carboxylic acids is 1. The minimum Gasteiger partial charge on any atom is -0.384 e. The van der Waals surface area contributed by atoms with E-state index in [9.17, 15) is 4.79 Å². The molecule has 0 N–H and O–H groups in total. The van der Waals surface area contributed by atoms with Crippen LogP contribution in [0.25, 0.3) is 11.0 Å². The number of hydrogen-bond acceptors (Lipinski definition) is 4. The van der Waals surface area contributed by atoms with Gasteiger partial charge in [0.1, 0.15) is 5.69 Å². The highest BCUT2D eigenvalue weighted by atomic mass is 16.5. The number of likely N-dealkylation sites (tertiary alicyclic amines) is 1. The van der Waals surface area contributed by atoms with Gasteiger partial charge in [0.2, 0.25) is 0 Å². The average Bonchev–Trinajstić information content (AvgIpc) is 2.95. The molecule has 1 saturated heterocycles. The van der Waals surface area contributed by atoms with Crippen molar-refractivity contribution < 1.29 is 9.53 Å². The smallest absolute Gasteiger partial charge is 0.274 e. The molecule has 1 aliphatic heterocycles. The maximum absolute atomic E-state index is 12.4. The molecule has 0 radical (unpaired) electrons. The maximum atomic E-state index is 12.4. The van der Waals surface area contributed by atoms with Crippen LogP contribution in [0, 0.1) is 5.92 Å². The van der Waals surface area contributed by atoms with E-state index in [0.717, 1.165) is 30.5 Å². The maximum Gasteiger partial charge on any atom is 0.274 e. The van der Waals surface area contributed by atoms with Gasteiger partial charge in [0.15, 0.2) is 0 Å². The van der Waals surface area contributed by atoms with Gasteiger partial charge in [-0.1, -0.05) is 12.1 Å². The Morgan fingerprint density at radius 3 is 3.00 bits per heavy atom. The molecule has 5 nitrogen and oxygen atoms in total. The van der Waals surface area contributed by atoms with E-state index < -0.39 is 0 Å². The van der Waals surface area contributed by atoms with Crippen LogP contribution >= 0.6 is 0 Å². The molecule has 1 aromatic heterocycles. The lowest BCUT2D eigenvalue weighted by Crippen LogP contribution is -2.30. The number of aromatic nitrogens is 2. The first-order valence-corrected chi connectivity index (χ1v) is 6.78. The fourth-order valence-corrected chi connectivity index (χ4v) is 2.61. The molecule has 2 aromatic rings. The van der Waals surface area contributed by atoms with Gasteiger partial charge in [0, 0.05) is 26.1 Å². The molecule has 1 aromatic carbocycles. The van der Waals surface area contributed by atoms with Gasteiger partial charge in [-0.25, -0.2) is 4.98 Å². The molecular formula is C15H17N3O2. The number of methoxy groups -OCH3 is 1. The van der Waals surface area contributed by atoms with Crippen LogP contribution in [0.2, 0.25) is 0 Å². The first kappa shape index (κ1) is 13.0. The lowest BCUT2D eigenvalue weighted by atomic mass is 10.1. The number of fused-ring (bicyclic) bond motifs is 1. The summed E-state index contributed by atoms with van der Waals surface area (Å²) in [5, 5.41) is 0. The summed E-state index contributed by atoms with van der Waals surface area (Å²) in [7, 11) is 1.69. The summed E-state index contributed by atoms with van der Waals surface area (Å²) in [6.07, 6.45) is 2.55. The third-order valence-electron chi connectivity index (χ3n) is 3.64. The highest BCUT2D eigenvalue weighted by Crippen LogP contribution is 2.19. The average molecular weight is 271 g/mol. The molecule has 3 rings (SSSR count). The number of para-hydroxylation sites is 2. The van der Waals surface area contributed by atoms with Crippen molar-refractivity contribution in [2.75, 3.05) is 26.8 Å². The van der Waals surface area contributed by atoms with Crippen molar-refractivity contribution in [3.63, 3.8) is 0 Å². The van der Waals surface area contributed by atoms with Gasteiger partial charge in [-0.2, -0.15) is 0 Å².